The van der Waals surface area contributed by atoms with Crippen LogP contribution in [0.15, 0.2) is 66.2 Å². The van der Waals surface area contributed by atoms with E-state index in [1.165, 1.54) is 11.3 Å². The quantitative estimate of drug-likeness (QED) is 0.523. The standard InChI is InChI=1S/C23H21N5O2S/c29-22(18-5-3-13-27(18)23(30)19-6-4-14-31-19)24-17-10-8-16(9-11-17)15-21-26-25-20-7-1-2-12-28(20)21/h1-2,4,6-12,14,18H,3,5,13,15H2,(H,24,29)/t18-/m0/s1. The summed E-state index contributed by atoms with van der Waals surface area (Å²) in [5.74, 6) is 0.656. The maximum Gasteiger partial charge on any atom is 0.264 e. The molecule has 0 spiro atoms. The topological polar surface area (TPSA) is 79.6 Å². The minimum atomic E-state index is -0.434. The summed E-state index contributed by atoms with van der Waals surface area (Å²) < 4.78 is 1.97. The van der Waals surface area contributed by atoms with Gasteiger partial charge in [0.1, 0.15) is 11.9 Å². The van der Waals surface area contributed by atoms with Crippen molar-refractivity contribution < 1.29 is 9.59 Å². The van der Waals surface area contributed by atoms with Crippen molar-refractivity contribution in [2.45, 2.75) is 25.3 Å². The largest absolute Gasteiger partial charge is 0.326 e. The lowest BCUT2D eigenvalue weighted by molar-refractivity contribution is -0.119. The first-order valence-electron chi connectivity index (χ1n) is 10.2. The van der Waals surface area contributed by atoms with Gasteiger partial charge in [0.25, 0.3) is 5.91 Å². The lowest BCUT2D eigenvalue weighted by Gasteiger charge is -2.23. The van der Waals surface area contributed by atoms with Gasteiger partial charge in [-0.1, -0.05) is 24.3 Å². The zero-order chi connectivity index (χ0) is 21.2. The Bertz CT molecular complexity index is 1220. The van der Waals surface area contributed by atoms with Gasteiger partial charge in [0, 0.05) is 24.8 Å². The van der Waals surface area contributed by atoms with Crippen LogP contribution in [0, 0.1) is 0 Å². The monoisotopic (exact) mass is 431 g/mol. The van der Waals surface area contributed by atoms with E-state index in [0.717, 1.165) is 29.1 Å². The number of likely N-dealkylation sites (tertiary alicyclic amines) is 1. The van der Waals surface area contributed by atoms with Gasteiger partial charge in [-0.2, -0.15) is 0 Å². The smallest absolute Gasteiger partial charge is 0.264 e. The molecule has 4 aromatic rings. The van der Waals surface area contributed by atoms with Crippen LogP contribution < -0.4 is 5.32 Å². The third kappa shape index (κ3) is 3.94. The first kappa shape index (κ1) is 19.4. The van der Waals surface area contributed by atoms with Crippen LogP contribution in [0.3, 0.4) is 0 Å². The Labute approximate surface area is 183 Å². The molecule has 5 rings (SSSR count). The highest BCUT2D eigenvalue weighted by Crippen LogP contribution is 2.23. The molecule has 7 nitrogen and oxygen atoms in total. The predicted molar refractivity (Wildman–Crippen MR) is 119 cm³/mol. The van der Waals surface area contributed by atoms with Gasteiger partial charge in [0.05, 0.1) is 4.88 Å². The predicted octanol–water partition coefficient (Wildman–Crippen LogP) is 3.62. The Morgan fingerprint density at radius 2 is 1.94 bits per heavy atom. The lowest BCUT2D eigenvalue weighted by atomic mass is 10.1. The fourth-order valence-corrected chi connectivity index (χ4v) is 4.63. The van der Waals surface area contributed by atoms with Crippen molar-refractivity contribution in [3.63, 3.8) is 0 Å². The molecule has 0 saturated carbocycles. The molecule has 31 heavy (non-hydrogen) atoms. The van der Waals surface area contributed by atoms with E-state index in [0.29, 0.717) is 24.3 Å². The molecule has 8 heteroatoms. The number of anilines is 1. The number of pyridine rings is 1. The summed E-state index contributed by atoms with van der Waals surface area (Å²) >= 11 is 1.40. The number of hydrogen-bond donors (Lipinski definition) is 1. The fourth-order valence-electron chi connectivity index (χ4n) is 3.95. The molecule has 156 valence electrons. The average molecular weight is 432 g/mol. The number of thiophene rings is 1. The Kier molecular flexibility index (Phi) is 5.21. The third-order valence-electron chi connectivity index (χ3n) is 5.52. The van der Waals surface area contributed by atoms with Crippen LogP contribution in [0.4, 0.5) is 5.69 Å². The molecule has 0 unspecified atom stereocenters. The molecular formula is C23H21N5O2S. The summed E-state index contributed by atoms with van der Waals surface area (Å²) in [4.78, 5) is 27.9. The molecule has 3 aromatic heterocycles. The fraction of sp³-hybridized carbons (Fsp3) is 0.217. The molecule has 1 aliphatic rings. The number of nitrogens with one attached hydrogen (secondary N) is 1. The van der Waals surface area contributed by atoms with E-state index in [1.54, 1.807) is 11.0 Å². The number of carbonyl (C=O) groups is 2. The number of hydrogen-bond acceptors (Lipinski definition) is 5. The summed E-state index contributed by atoms with van der Waals surface area (Å²) in [6.45, 7) is 0.611. The molecule has 0 bridgehead atoms. The minimum Gasteiger partial charge on any atom is -0.326 e. The van der Waals surface area contributed by atoms with Gasteiger partial charge in [-0.3, -0.25) is 14.0 Å². The van der Waals surface area contributed by atoms with Crippen LogP contribution in [-0.4, -0.2) is 43.9 Å². The van der Waals surface area contributed by atoms with Crippen molar-refractivity contribution in [2.75, 3.05) is 11.9 Å². The van der Waals surface area contributed by atoms with Crippen LogP contribution in [-0.2, 0) is 11.2 Å². The molecule has 1 aliphatic heterocycles. The summed E-state index contributed by atoms with van der Waals surface area (Å²) in [6.07, 6.45) is 4.11. The van der Waals surface area contributed by atoms with Gasteiger partial charge in [0.15, 0.2) is 5.65 Å². The van der Waals surface area contributed by atoms with E-state index >= 15 is 0 Å². The van der Waals surface area contributed by atoms with Gasteiger partial charge in [-0.05, 0) is 54.1 Å². The van der Waals surface area contributed by atoms with Crippen molar-refractivity contribution in [3.8, 4) is 0 Å². The van der Waals surface area contributed by atoms with Gasteiger partial charge < -0.3 is 10.2 Å². The molecule has 1 aromatic carbocycles. The van der Waals surface area contributed by atoms with Gasteiger partial charge in [-0.15, -0.1) is 21.5 Å². The second-order valence-corrected chi connectivity index (χ2v) is 8.49. The SMILES string of the molecule is O=C(Nc1ccc(Cc2nnc3ccccn23)cc1)[C@@H]1CCCN1C(=O)c1cccs1. The zero-order valence-corrected chi connectivity index (χ0v) is 17.6. The highest BCUT2D eigenvalue weighted by Gasteiger charge is 2.34. The number of fused-ring (bicyclic) bond motifs is 1. The Balaban J connectivity index is 1.25. The van der Waals surface area contributed by atoms with E-state index in [-0.39, 0.29) is 11.8 Å². The van der Waals surface area contributed by atoms with Crippen LogP contribution in [0.25, 0.3) is 5.65 Å². The van der Waals surface area contributed by atoms with E-state index < -0.39 is 6.04 Å². The Morgan fingerprint density at radius 3 is 2.74 bits per heavy atom. The van der Waals surface area contributed by atoms with E-state index in [9.17, 15) is 9.59 Å². The first-order valence-corrected chi connectivity index (χ1v) is 11.1. The average Bonchev–Trinajstić information content (AvgIpc) is 3.56. The number of nitrogens with zero attached hydrogens (tertiary/aromatic N) is 4. The highest BCUT2D eigenvalue weighted by molar-refractivity contribution is 7.12. The maximum atomic E-state index is 12.9. The Hall–Kier alpha value is -3.52. The number of rotatable bonds is 5. The van der Waals surface area contributed by atoms with Crippen molar-refractivity contribution in [1.82, 2.24) is 19.5 Å². The molecule has 2 amide bonds. The molecule has 4 heterocycles. The van der Waals surface area contributed by atoms with Crippen molar-refractivity contribution in [1.29, 1.82) is 0 Å². The normalized spacial score (nSPS) is 16.0. The second kappa shape index (κ2) is 8.31. The molecule has 1 atom stereocenters. The van der Waals surface area contributed by atoms with Crippen molar-refractivity contribution in [2.24, 2.45) is 0 Å². The molecule has 1 fully saturated rings. The van der Waals surface area contributed by atoms with Crippen LogP contribution in [0.1, 0.15) is 33.9 Å². The number of carbonyl (C=O) groups excluding carboxylic acids is 2. The van der Waals surface area contributed by atoms with Crippen LogP contribution in [0.2, 0.25) is 0 Å². The van der Waals surface area contributed by atoms with Gasteiger partial charge >= 0.3 is 0 Å². The number of aromatic nitrogens is 3. The van der Waals surface area contributed by atoms with Crippen LogP contribution >= 0.6 is 11.3 Å². The molecular weight excluding hydrogens is 410 g/mol. The van der Waals surface area contributed by atoms with Crippen molar-refractivity contribution >= 4 is 34.5 Å². The maximum absolute atomic E-state index is 12.9. The number of benzene rings is 1. The third-order valence-corrected chi connectivity index (χ3v) is 6.37. The molecule has 0 aliphatic carbocycles. The second-order valence-electron chi connectivity index (χ2n) is 7.54. The van der Waals surface area contributed by atoms with Gasteiger partial charge in [0.2, 0.25) is 5.91 Å². The summed E-state index contributed by atoms with van der Waals surface area (Å²) in [7, 11) is 0. The summed E-state index contributed by atoms with van der Waals surface area (Å²) in [6, 6.07) is 16.8. The van der Waals surface area contributed by atoms with E-state index in [1.807, 2.05) is 64.5 Å². The summed E-state index contributed by atoms with van der Waals surface area (Å²) in [5.41, 5.74) is 2.61. The molecule has 0 radical (unpaired) electrons. The van der Waals surface area contributed by atoms with Crippen LogP contribution in [0.5, 0.6) is 0 Å². The van der Waals surface area contributed by atoms with E-state index in [2.05, 4.69) is 15.5 Å². The number of amides is 2. The Morgan fingerprint density at radius 1 is 1.06 bits per heavy atom. The summed E-state index contributed by atoms with van der Waals surface area (Å²) in [5, 5.41) is 13.3. The first-order chi connectivity index (χ1) is 15.2. The molecule has 1 saturated heterocycles. The highest BCUT2D eigenvalue weighted by atomic mass is 32.1. The van der Waals surface area contributed by atoms with Gasteiger partial charge in [-0.25, -0.2) is 0 Å². The lowest BCUT2D eigenvalue weighted by Crippen LogP contribution is -2.42. The molecule has 1 N–H and O–H groups in total. The zero-order valence-electron chi connectivity index (χ0n) is 16.8. The van der Waals surface area contributed by atoms with Crippen molar-refractivity contribution in [3.05, 3.63) is 82.4 Å². The minimum absolute atomic E-state index is 0.0662. The van der Waals surface area contributed by atoms with E-state index in [4.69, 9.17) is 0 Å².